The van der Waals surface area contributed by atoms with Crippen molar-refractivity contribution in [3.05, 3.63) is 18.7 Å². The molecule has 6 heteroatoms. The molecule has 16 heavy (non-hydrogen) atoms. The highest BCUT2D eigenvalue weighted by atomic mass is 16.5. The lowest BCUT2D eigenvalue weighted by Crippen LogP contribution is -2.22. The fraction of sp³-hybridized carbons (Fsp3) is 0.500. The second kappa shape index (κ2) is 4.89. The van der Waals surface area contributed by atoms with E-state index in [4.69, 9.17) is 4.74 Å². The van der Waals surface area contributed by atoms with Gasteiger partial charge in [0.15, 0.2) is 5.82 Å². The van der Waals surface area contributed by atoms with E-state index in [-0.39, 0.29) is 6.04 Å². The van der Waals surface area contributed by atoms with Gasteiger partial charge in [-0.3, -0.25) is 4.40 Å². The van der Waals surface area contributed by atoms with Crippen molar-refractivity contribution in [3.8, 4) is 0 Å². The van der Waals surface area contributed by atoms with E-state index in [9.17, 15) is 0 Å². The third kappa shape index (κ3) is 2.27. The van der Waals surface area contributed by atoms with Gasteiger partial charge in [-0.25, -0.2) is 4.98 Å². The maximum Gasteiger partial charge on any atom is 0.203 e. The lowest BCUT2D eigenvalue weighted by atomic mass is 10.3. The van der Waals surface area contributed by atoms with Gasteiger partial charge in [0.2, 0.25) is 5.65 Å². The van der Waals surface area contributed by atoms with E-state index < -0.39 is 0 Å². The van der Waals surface area contributed by atoms with Gasteiger partial charge >= 0.3 is 0 Å². The molecule has 0 aliphatic heterocycles. The van der Waals surface area contributed by atoms with Crippen molar-refractivity contribution < 1.29 is 4.74 Å². The molecule has 0 aromatic carbocycles. The van der Waals surface area contributed by atoms with Crippen LogP contribution in [0.15, 0.2) is 18.7 Å². The predicted molar refractivity (Wildman–Crippen MR) is 60.4 cm³/mol. The van der Waals surface area contributed by atoms with Gasteiger partial charge in [0.1, 0.15) is 6.33 Å². The van der Waals surface area contributed by atoms with Gasteiger partial charge in [0.05, 0.1) is 6.61 Å². The normalized spacial score (nSPS) is 12.9. The molecule has 2 aromatic rings. The van der Waals surface area contributed by atoms with E-state index >= 15 is 0 Å². The Morgan fingerprint density at radius 1 is 1.56 bits per heavy atom. The average molecular weight is 221 g/mol. The van der Waals surface area contributed by atoms with E-state index in [2.05, 4.69) is 20.5 Å². The van der Waals surface area contributed by atoms with Gasteiger partial charge in [-0.05, 0) is 13.8 Å². The van der Waals surface area contributed by atoms with Crippen LogP contribution in [0.2, 0.25) is 0 Å². The second-order valence-corrected chi connectivity index (χ2v) is 3.54. The van der Waals surface area contributed by atoms with Crippen LogP contribution in [0.5, 0.6) is 0 Å². The molecule has 0 fully saturated rings. The molecule has 0 radical (unpaired) electrons. The molecule has 2 aromatic heterocycles. The Bertz CT molecular complexity index is 455. The number of fused-ring (bicyclic) bond motifs is 1. The van der Waals surface area contributed by atoms with E-state index in [1.165, 1.54) is 0 Å². The molecule has 6 nitrogen and oxygen atoms in total. The summed E-state index contributed by atoms with van der Waals surface area (Å²) in [7, 11) is 0. The fourth-order valence-corrected chi connectivity index (χ4v) is 1.43. The largest absolute Gasteiger partial charge is 0.380 e. The van der Waals surface area contributed by atoms with Crippen molar-refractivity contribution in [2.75, 3.05) is 18.5 Å². The van der Waals surface area contributed by atoms with Crippen molar-refractivity contribution in [3.63, 3.8) is 0 Å². The summed E-state index contributed by atoms with van der Waals surface area (Å²) in [5.41, 5.74) is 0.728. The number of nitrogens with zero attached hydrogens (tertiary/aromatic N) is 4. The lowest BCUT2D eigenvalue weighted by molar-refractivity contribution is 0.141. The van der Waals surface area contributed by atoms with Gasteiger partial charge < -0.3 is 10.1 Å². The molecular formula is C10H15N5O. The van der Waals surface area contributed by atoms with Gasteiger partial charge in [0, 0.05) is 25.0 Å². The molecule has 0 saturated heterocycles. The number of ether oxygens (including phenoxy) is 1. The van der Waals surface area contributed by atoms with Crippen LogP contribution in [0.3, 0.4) is 0 Å². The SMILES string of the molecule is CCOCC(C)Nc1nccn2cnnc12. The summed E-state index contributed by atoms with van der Waals surface area (Å²) < 4.78 is 7.15. The van der Waals surface area contributed by atoms with Crippen molar-refractivity contribution >= 4 is 11.5 Å². The first-order valence-corrected chi connectivity index (χ1v) is 5.30. The molecule has 2 rings (SSSR count). The monoisotopic (exact) mass is 221 g/mol. The highest BCUT2D eigenvalue weighted by molar-refractivity contribution is 5.61. The number of aromatic nitrogens is 4. The lowest BCUT2D eigenvalue weighted by Gasteiger charge is -2.14. The van der Waals surface area contributed by atoms with E-state index in [1.807, 2.05) is 24.4 Å². The van der Waals surface area contributed by atoms with Crippen molar-refractivity contribution in [1.82, 2.24) is 19.6 Å². The van der Waals surface area contributed by atoms with E-state index in [0.29, 0.717) is 13.2 Å². The fourth-order valence-electron chi connectivity index (χ4n) is 1.43. The zero-order valence-corrected chi connectivity index (χ0v) is 9.42. The Morgan fingerprint density at radius 3 is 3.25 bits per heavy atom. The smallest absolute Gasteiger partial charge is 0.203 e. The Morgan fingerprint density at radius 2 is 2.44 bits per heavy atom. The minimum Gasteiger partial charge on any atom is -0.380 e. The molecule has 0 aliphatic rings. The second-order valence-electron chi connectivity index (χ2n) is 3.54. The number of rotatable bonds is 5. The van der Waals surface area contributed by atoms with Gasteiger partial charge in [-0.1, -0.05) is 0 Å². The summed E-state index contributed by atoms with van der Waals surface area (Å²) in [5.74, 6) is 0.729. The number of nitrogens with one attached hydrogen (secondary N) is 1. The Kier molecular flexibility index (Phi) is 3.31. The molecule has 1 N–H and O–H groups in total. The first-order valence-electron chi connectivity index (χ1n) is 5.30. The highest BCUT2D eigenvalue weighted by Gasteiger charge is 2.08. The summed E-state index contributed by atoms with van der Waals surface area (Å²) >= 11 is 0. The van der Waals surface area contributed by atoms with Crippen molar-refractivity contribution in [2.24, 2.45) is 0 Å². The average Bonchev–Trinajstić information content (AvgIpc) is 2.75. The van der Waals surface area contributed by atoms with Crippen LogP contribution in [0.4, 0.5) is 5.82 Å². The van der Waals surface area contributed by atoms with E-state index in [0.717, 1.165) is 11.5 Å². The quantitative estimate of drug-likeness (QED) is 0.814. The van der Waals surface area contributed by atoms with Crippen LogP contribution < -0.4 is 5.32 Å². The van der Waals surface area contributed by atoms with Gasteiger partial charge in [-0.2, -0.15) is 0 Å². The van der Waals surface area contributed by atoms with Crippen LogP contribution in [0.25, 0.3) is 5.65 Å². The molecule has 0 spiro atoms. The first-order chi connectivity index (χ1) is 7.81. The van der Waals surface area contributed by atoms with Crippen LogP contribution >= 0.6 is 0 Å². The maximum atomic E-state index is 5.33. The third-order valence-electron chi connectivity index (χ3n) is 2.17. The summed E-state index contributed by atoms with van der Waals surface area (Å²) in [6, 6.07) is 0.190. The van der Waals surface area contributed by atoms with Gasteiger partial charge in [0.25, 0.3) is 0 Å². The number of hydrogen-bond acceptors (Lipinski definition) is 5. The topological polar surface area (TPSA) is 64.3 Å². The summed E-state index contributed by atoms with van der Waals surface area (Å²) in [5, 5.41) is 11.1. The Balaban J connectivity index is 2.11. The van der Waals surface area contributed by atoms with Crippen LogP contribution in [-0.4, -0.2) is 38.8 Å². The number of anilines is 1. The molecular weight excluding hydrogens is 206 g/mol. The molecule has 86 valence electrons. The van der Waals surface area contributed by atoms with Gasteiger partial charge in [-0.15, -0.1) is 10.2 Å². The zero-order chi connectivity index (χ0) is 11.4. The van der Waals surface area contributed by atoms with Crippen LogP contribution in [0, 0.1) is 0 Å². The van der Waals surface area contributed by atoms with E-state index in [1.54, 1.807) is 12.5 Å². The minimum atomic E-state index is 0.190. The Labute approximate surface area is 93.7 Å². The summed E-state index contributed by atoms with van der Waals surface area (Å²) in [4.78, 5) is 4.24. The maximum absolute atomic E-state index is 5.33. The third-order valence-corrected chi connectivity index (χ3v) is 2.17. The zero-order valence-electron chi connectivity index (χ0n) is 9.42. The molecule has 0 bridgehead atoms. The first kappa shape index (κ1) is 10.8. The molecule has 2 heterocycles. The van der Waals surface area contributed by atoms with Crippen LogP contribution in [-0.2, 0) is 4.74 Å². The molecule has 1 atom stereocenters. The van der Waals surface area contributed by atoms with Crippen LogP contribution in [0.1, 0.15) is 13.8 Å². The predicted octanol–water partition coefficient (Wildman–Crippen LogP) is 0.961. The molecule has 0 amide bonds. The van der Waals surface area contributed by atoms with Crippen molar-refractivity contribution in [2.45, 2.75) is 19.9 Å². The standard InChI is InChI=1S/C10H15N5O/c1-3-16-6-8(2)13-9-10-14-12-7-15(10)5-4-11-9/h4-5,7-8H,3,6H2,1-2H3,(H,11,13). The highest BCUT2D eigenvalue weighted by Crippen LogP contribution is 2.10. The van der Waals surface area contributed by atoms with Crippen molar-refractivity contribution in [1.29, 1.82) is 0 Å². The summed E-state index contributed by atoms with van der Waals surface area (Å²) in [6.07, 6.45) is 5.18. The summed E-state index contributed by atoms with van der Waals surface area (Å²) in [6.45, 7) is 5.38. The molecule has 1 unspecified atom stereocenters. The Hall–Kier alpha value is -1.69. The number of hydrogen-bond donors (Lipinski definition) is 1. The minimum absolute atomic E-state index is 0.190. The molecule has 0 aliphatic carbocycles. The molecule has 0 saturated carbocycles.